The van der Waals surface area contributed by atoms with Gasteiger partial charge in [-0.3, -0.25) is 13.9 Å². The molecule has 0 saturated heterocycles. The van der Waals surface area contributed by atoms with Crippen molar-refractivity contribution in [1.29, 1.82) is 0 Å². The van der Waals surface area contributed by atoms with Gasteiger partial charge in [0.05, 0.1) is 19.1 Å². The lowest BCUT2D eigenvalue weighted by atomic mass is 10.1. The van der Waals surface area contributed by atoms with Gasteiger partial charge in [-0.25, -0.2) is 8.42 Å². The van der Waals surface area contributed by atoms with E-state index in [1.54, 1.807) is 29.2 Å². The van der Waals surface area contributed by atoms with Crippen LogP contribution in [0.25, 0.3) is 0 Å². The lowest BCUT2D eigenvalue weighted by Gasteiger charge is -2.33. The van der Waals surface area contributed by atoms with E-state index in [0.29, 0.717) is 30.8 Å². The Labute approximate surface area is 214 Å². The van der Waals surface area contributed by atoms with Gasteiger partial charge in [0.25, 0.3) is 0 Å². The first-order chi connectivity index (χ1) is 17.2. The standard InChI is InChI=1S/C27H37N3O5S/c1-4-25(27(32)28-22-12-8-9-13-22)29(19-18-21-10-6-5-7-11-21)26(31)20-30(36(3,33)34)23-14-16-24(35-2)17-15-23/h5-7,10-11,14-17,22,25H,4,8-9,12-13,18-20H2,1-3H3,(H,28,32)/t25-/m1/s1. The second-order valence-corrected chi connectivity index (χ2v) is 11.1. The van der Waals surface area contributed by atoms with E-state index in [2.05, 4.69) is 5.32 Å². The summed E-state index contributed by atoms with van der Waals surface area (Å²) < 4.78 is 31.6. The van der Waals surface area contributed by atoms with Crippen LogP contribution in [-0.2, 0) is 26.0 Å². The van der Waals surface area contributed by atoms with Gasteiger partial charge in [0, 0.05) is 12.6 Å². The van der Waals surface area contributed by atoms with E-state index in [1.165, 1.54) is 7.11 Å². The van der Waals surface area contributed by atoms with E-state index >= 15 is 0 Å². The molecule has 0 radical (unpaired) electrons. The van der Waals surface area contributed by atoms with Crippen molar-refractivity contribution in [3.05, 3.63) is 60.2 Å². The summed E-state index contributed by atoms with van der Waals surface area (Å²) in [5.74, 6) is -0.0144. The number of methoxy groups -OCH3 is 1. The van der Waals surface area contributed by atoms with Crippen LogP contribution < -0.4 is 14.4 Å². The summed E-state index contributed by atoms with van der Waals surface area (Å²) in [6, 6.07) is 15.7. The lowest BCUT2D eigenvalue weighted by Crippen LogP contribution is -2.54. The van der Waals surface area contributed by atoms with Crippen molar-refractivity contribution in [3.8, 4) is 5.75 Å². The van der Waals surface area contributed by atoms with E-state index in [-0.39, 0.29) is 11.9 Å². The van der Waals surface area contributed by atoms with Crippen LogP contribution in [0.4, 0.5) is 5.69 Å². The molecular weight excluding hydrogens is 478 g/mol. The minimum absolute atomic E-state index is 0.129. The molecule has 2 amide bonds. The first-order valence-corrected chi connectivity index (χ1v) is 14.3. The van der Waals surface area contributed by atoms with Crippen LogP contribution in [0.2, 0.25) is 0 Å². The Kier molecular flexibility index (Phi) is 9.75. The molecule has 1 fully saturated rings. The molecule has 3 rings (SSSR count). The molecule has 9 heteroatoms. The number of benzene rings is 2. The van der Waals surface area contributed by atoms with Gasteiger partial charge in [-0.2, -0.15) is 0 Å². The third-order valence-corrected chi connectivity index (χ3v) is 7.75. The molecule has 1 saturated carbocycles. The predicted octanol–water partition coefficient (Wildman–Crippen LogP) is 3.37. The van der Waals surface area contributed by atoms with Gasteiger partial charge in [-0.1, -0.05) is 50.1 Å². The lowest BCUT2D eigenvalue weighted by molar-refractivity contribution is -0.139. The van der Waals surface area contributed by atoms with E-state index < -0.39 is 28.5 Å². The van der Waals surface area contributed by atoms with Crippen molar-refractivity contribution in [3.63, 3.8) is 0 Å². The Morgan fingerprint density at radius 3 is 2.25 bits per heavy atom. The normalized spacial score (nSPS) is 14.8. The number of carbonyl (C=O) groups excluding carboxylic acids is 2. The number of anilines is 1. The number of nitrogens with one attached hydrogen (secondary N) is 1. The summed E-state index contributed by atoms with van der Waals surface area (Å²) in [6.07, 6.45) is 6.12. The highest BCUT2D eigenvalue weighted by molar-refractivity contribution is 7.92. The Hall–Kier alpha value is -3.07. The van der Waals surface area contributed by atoms with Gasteiger partial charge in [0.15, 0.2) is 0 Å². The van der Waals surface area contributed by atoms with Crippen molar-refractivity contribution in [2.75, 3.05) is 30.8 Å². The monoisotopic (exact) mass is 515 g/mol. The van der Waals surface area contributed by atoms with E-state index in [4.69, 9.17) is 4.74 Å². The Bertz CT molecular complexity index is 1100. The third kappa shape index (κ3) is 7.46. The Balaban J connectivity index is 1.85. The topological polar surface area (TPSA) is 96.0 Å². The fraction of sp³-hybridized carbons (Fsp3) is 0.481. The molecule has 196 valence electrons. The summed E-state index contributed by atoms with van der Waals surface area (Å²) in [4.78, 5) is 28.5. The fourth-order valence-electron chi connectivity index (χ4n) is 4.63. The largest absolute Gasteiger partial charge is 0.497 e. The zero-order valence-electron chi connectivity index (χ0n) is 21.4. The van der Waals surface area contributed by atoms with Crippen LogP contribution in [0.15, 0.2) is 54.6 Å². The number of hydrogen-bond acceptors (Lipinski definition) is 5. The Morgan fingerprint density at radius 2 is 1.69 bits per heavy atom. The number of hydrogen-bond donors (Lipinski definition) is 1. The molecule has 8 nitrogen and oxygen atoms in total. The highest BCUT2D eigenvalue weighted by Gasteiger charge is 2.32. The van der Waals surface area contributed by atoms with Gasteiger partial charge < -0.3 is 15.0 Å². The zero-order valence-corrected chi connectivity index (χ0v) is 22.2. The molecule has 2 aromatic carbocycles. The number of nitrogens with zero attached hydrogens (tertiary/aromatic N) is 2. The Morgan fingerprint density at radius 1 is 1.06 bits per heavy atom. The molecule has 0 spiro atoms. The molecule has 1 aliphatic rings. The molecule has 0 unspecified atom stereocenters. The van der Waals surface area contributed by atoms with Gasteiger partial charge >= 0.3 is 0 Å². The fourth-order valence-corrected chi connectivity index (χ4v) is 5.48. The van der Waals surface area contributed by atoms with Crippen molar-refractivity contribution in [2.24, 2.45) is 0 Å². The SMILES string of the molecule is CC[C@H](C(=O)NC1CCCC1)N(CCc1ccccc1)C(=O)CN(c1ccc(OC)cc1)S(C)(=O)=O. The summed E-state index contributed by atoms with van der Waals surface area (Å²) in [5.41, 5.74) is 1.40. The quantitative estimate of drug-likeness (QED) is 0.468. The molecular formula is C27H37N3O5S. The van der Waals surface area contributed by atoms with Crippen LogP contribution in [-0.4, -0.2) is 63.7 Å². The zero-order chi connectivity index (χ0) is 26.1. The maximum absolute atomic E-state index is 13.7. The van der Waals surface area contributed by atoms with Crippen molar-refractivity contribution >= 4 is 27.5 Å². The van der Waals surface area contributed by atoms with Crippen LogP contribution in [0.5, 0.6) is 5.75 Å². The van der Waals surface area contributed by atoms with Gasteiger partial charge in [0.2, 0.25) is 21.8 Å². The number of carbonyl (C=O) groups is 2. The summed E-state index contributed by atoms with van der Waals surface area (Å²) in [6.45, 7) is 1.78. The van der Waals surface area contributed by atoms with Crippen molar-refractivity contribution < 1.29 is 22.7 Å². The van der Waals surface area contributed by atoms with Crippen molar-refractivity contribution in [2.45, 2.75) is 57.5 Å². The second-order valence-electron chi connectivity index (χ2n) is 9.20. The van der Waals surface area contributed by atoms with E-state index in [9.17, 15) is 18.0 Å². The van der Waals surface area contributed by atoms with E-state index in [0.717, 1.165) is 41.8 Å². The number of sulfonamides is 1. The molecule has 0 heterocycles. The maximum Gasteiger partial charge on any atom is 0.244 e. The second kappa shape index (κ2) is 12.8. The highest BCUT2D eigenvalue weighted by atomic mass is 32.2. The summed E-state index contributed by atoms with van der Waals surface area (Å²) >= 11 is 0. The average Bonchev–Trinajstić information content (AvgIpc) is 3.38. The van der Waals surface area contributed by atoms with Crippen molar-refractivity contribution in [1.82, 2.24) is 10.2 Å². The molecule has 0 aliphatic heterocycles. The first-order valence-electron chi connectivity index (χ1n) is 12.5. The number of rotatable bonds is 12. The van der Waals surface area contributed by atoms with Crippen LogP contribution in [0.3, 0.4) is 0 Å². The average molecular weight is 516 g/mol. The molecule has 1 N–H and O–H groups in total. The molecule has 1 atom stereocenters. The maximum atomic E-state index is 13.7. The molecule has 2 aromatic rings. The smallest absolute Gasteiger partial charge is 0.244 e. The molecule has 0 bridgehead atoms. The minimum Gasteiger partial charge on any atom is -0.497 e. The molecule has 0 aromatic heterocycles. The molecule has 36 heavy (non-hydrogen) atoms. The molecule has 1 aliphatic carbocycles. The number of amides is 2. The van der Waals surface area contributed by atoms with E-state index in [1.807, 2.05) is 37.3 Å². The first kappa shape index (κ1) is 27.5. The number of ether oxygens (including phenoxy) is 1. The van der Waals surface area contributed by atoms with Crippen LogP contribution >= 0.6 is 0 Å². The van der Waals surface area contributed by atoms with Crippen LogP contribution in [0, 0.1) is 0 Å². The minimum atomic E-state index is -3.76. The van der Waals surface area contributed by atoms with Gasteiger partial charge in [-0.15, -0.1) is 0 Å². The highest BCUT2D eigenvalue weighted by Crippen LogP contribution is 2.23. The van der Waals surface area contributed by atoms with Gasteiger partial charge in [-0.05, 0) is 55.5 Å². The third-order valence-electron chi connectivity index (χ3n) is 6.61. The van der Waals surface area contributed by atoms with Crippen LogP contribution in [0.1, 0.15) is 44.6 Å². The van der Waals surface area contributed by atoms with Gasteiger partial charge in [0.1, 0.15) is 18.3 Å². The predicted molar refractivity (Wildman–Crippen MR) is 142 cm³/mol. The summed E-state index contributed by atoms with van der Waals surface area (Å²) in [7, 11) is -2.23. The summed E-state index contributed by atoms with van der Waals surface area (Å²) in [5, 5.41) is 3.11.